The van der Waals surface area contributed by atoms with Crippen LogP contribution in [0.3, 0.4) is 0 Å². The molecule has 1 aliphatic heterocycles. The molecular weight excluding hydrogens is 297 g/mol. The van der Waals surface area contributed by atoms with Gasteiger partial charge >= 0.3 is 0 Å². The normalized spacial score (nSPS) is 26.2. The molecular formula is C17H26FN3O2. The molecule has 0 radical (unpaired) electrons. The van der Waals surface area contributed by atoms with Crippen LogP contribution in [0.4, 0.5) is 14.9 Å². The Kier molecular flexibility index (Phi) is 4.69. The quantitative estimate of drug-likeness (QED) is 0.662. The maximum Gasteiger partial charge on any atom is 0.258 e. The number of carbonyl (C=O) groups excluding carboxylic acids is 1. The van der Waals surface area contributed by atoms with Crippen LogP contribution < -0.4 is 10.8 Å². The van der Waals surface area contributed by atoms with E-state index in [9.17, 15) is 14.3 Å². The fraction of sp³-hybridized carbons (Fsp3) is 0.588. The minimum Gasteiger partial charge on any atom is -0.498 e. The van der Waals surface area contributed by atoms with E-state index in [2.05, 4.69) is 4.90 Å². The van der Waals surface area contributed by atoms with Gasteiger partial charge in [-0.25, -0.2) is 4.39 Å². The molecule has 1 heterocycles. The van der Waals surface area contributed by atoms with Crippen molar-refractivity contribution in [1.29, 1.82) is 0 Å². The summed E-state index contributed by atoms with van der Waals surface area (Å²) in [6.07, 6.45) is -1.02. The van der Waals surface area contributed by atoms with E-state index in [4.69, 9.17) is 5.73 Å². The van der Waals surface area contributed by atoms with E-state index in [1.807, 2.05) is 33.8 Å². The first-order valence-corrected chi connectivity index (χ1v) is 7.93. The molecule has 1 unspecified atom stereocenters. The summed E-state index contributed by atoms with van der Waals surface area (Å²) in [6, 6.07) is 4.71. The standard InChI is InChI=1S/C17H26FN3O2/c1-12-10-20(11-13-5-6-15(19)14(18)9-13)7-8-21(12,16(22)23)17(2,3)4/h5-6,9,12H,7-8,10-11,19H2,1-4H3/t12-,21?/m0/s1. The Morgan fingerprint density at radius 3 is 2.61 bits per heavy atom. The Hall–Kier alpha value is -1.66. The van der Waals surface area contributed by atoms with E-state index < -0.39 is 17.4 Å². The molecule has 0 bridgehead atoms. The number of carboxylic acid groups (broad SMARTS) is 1. The monoisotopic (exact) mass is 323 g/mol. The average molecular weight is 323 g/mol. The lowest BCUT2D eigenvalue weighted by atomic mass is 9.95. The van der Waals surface area contributed by atoms with E-state index in [1.54, 1.807) is 6.07 Å². The molecule has 23 heavy (non-hydrogen) atoms. The number of anilines is 1. The number of nitrogens with two attached hydrogens (primary N) is 1. The van der Waals surface area contributed by atoms with Gasteiger partial charge in [-0.15, -0.1) is 0 Å². The molecule has 0 aromatic heterocycles. The van der Waals surface area contributed by atoms with Gasteiger partial charge < -0.3 is 15.6 Å². The van der Waals surface area contributed by atoms with Crippen LogP contribution in [0.5, 0.6) is 0 Å². The number of quaternary nitrogens is 1. The predicted octanol–water partition coefficient (Wildman–Crippen LogP) is 1.57. The third kappa shape index (κ3) is 3.19. The van der Waals surface area contributed by atoms with Gasteiger partial charge in [0.2, 0.25) is 0 Å². The highest BCUT2D eigenvalue weighted by Crippen LogP contribution is 2.32. The van der Waals surface area contributed by atoms with Gasteiger partial charge in [0.1, 0.15) is 11.9 Å². The molecule has 1 saturated heterocycles. The van der Waals surface area contributed by atoms with Crippen LogP contribution in [0.15, 0.2) is 18.2 Å². The lowest BCUT2D eigenvalue weighted by Gasteiger charge is -2.55. The third-order valence-corrected chi connectivity index (χ3v) is 5.04. The average Bonchev–Trinajstić information content (AvgIpc) is 2.41. The fourth-order valence-electron chi connectivity index (χ4n) is 3.74. The molecule has 1 fully saturated rings. The molecule has 1 aromatic rings. The molecule has 0 spiro atoms. The highest BCUT2D eigenvalue weighted by molar-refractivity contribution is 5.55. The molecule has 0 saturated carbocycles. The van der Waals surface area contributed by atoms with Gasteiger partial charge in [0.25, 0.3) is 6.09 Å². The SMILES string of the molecule is C[C@H]1CN(Cc2ccc(N)c(F)c2)CC[N+]1(C(=O)[O-])C(C)(C)C. The van der Waals surface area contributed by atoms with Crippen molar-refractivity contribution in [2.24, 2.45) is 0 Å². The minimum atomic E-state index is -1.02. The zero-order valence-electron chi connectivity index (χ0n) is 14.3. The van der Waals surface area contributed by atoms with Gasteiger partial charge in [-0.3, -0.25) is 9.38 Å². The van der Waals surface area contributed by atoms with E-state index in [0.29, 0.717) is 26.2 Å². The van der Waals surface area contributed by atoms with Crippen LogP contribution >= 0.6 is 0 Å². The summed E-state index contributed by atoms with van der Waals surface area (Å²) >= 11 is 0. The number of nitrogen functional groups attached to an aromatic ring is 1. The molecule has 6 heteroatoms. The number of nitrogens with zero attached hydrogens (tertiary/aromatic N) is 2. The van der Waals surface area contributed by atoms with Crippen molar-refractivity contribution in [3.8, 4) is 0 Å². The topological polar surface area (TPSA) is 69.4 Å². The summed E-state index contributed by atoms with van der Waals surface area (Å²) in [5, 5.41) is 11.9. The van der Waals surface area contributed by atoms with Crippen molar-refractivity contribution < 1.29 is 18.8 Å². The van der Waals surface area contributed by atoms with E-state index in [1.165, 1.54) is 6.07 Å². The predicted molar refractivity (Wildman–Crippen MR) is 85.8 cm³/mol. The van der Waals surface area contributed by atoms with Gasteiger partial charge in [-0.05, 0) is 45.4 Å². The zero-order valence-corrected chi connectivity index (χ0v) is 14.3. The van der Waals surface area contributed by atoms with E-state index >= 15 is 0 Å². The molecule has 5 nitrogen and oxygen atoms in total. The van der Waals surface area contributed by atoms with Gasteiger partial charge in [0, 0.05) is 13.1 Å². The highest BCUT2D eigenvalue weighted by Gasteiger charge is 2.49. The van der Waals surface area contributed by atoms with Crippen LogP contribution in [0.25, 0.3) is 0 Å². The largest absolute Gasteiger partial charge is 0.498 e. The molecule has 1 aromatic carbocycles. The van der Waals surface area contributed by atoms with Crippen molar-refractivity contribution in [3.05, 3.63) is 29.6 Å². The maximum absolute atomic E-state index is 13.6. The molecule has 1 amide bonds. The number of piperazine rings is 1. The maximum atomic E-state index is 13.6. The summed E-state index contributed by atoms with van der Waals surface area (Å²) in [4.78, 5) is 14.0. The number of rotatable bonds is 2. The number of hydrogen-bond acceptors (Lipinski definition) is 4. The summed E-state index contributed by atoms with van der Waals surface area (Å²) < 4.78 is 13.5. The molecule has 128 valence electrons. The summed E-state index contributed by atoms with van der Waals surface area (Å²) in [5.74, 6) is -0.415. The Morgan fingerprint density at radius 1 is 1.48 bits per heavy atom. The number of carbonyl (C=O) groups is 1. The number of benzene rings is 1. The van der Waals surface area contributed by atoms with Gasteiger partial charge in [0.15, 0.2) is 0 Å². The first-order valence-electron chi connectivity index (χ1n) is 7.93. The highest BCUT2D eigenvalue weighted by atomic mass is 19.1. The molecule has 2 atom stereocenters. The van der Waals surface area contributed by atoms with E-state index in [-0.39, 0.29) is 16.2 Å². The van der Waals surface area contributed by atoms with E-state index in [0.717, 1.165) is 5.56 Å². The number of halogens is 1. The van der Waals surface area contributed by atoms with Crippen molar-refractivity contribution in [3.63, 3.8) is 0 Å². The van der Waals surface area contributed by atoms with Gasteiger partial charge in [-0.1, -0.05) is 6.07 Å². The first kappa shape index (κ1) is 17.7. The molecule has 1 aliphatic rings. The Balaban J connectivity index is 2.14. The van der Waals surface area contributed by atoms with Crippen LogP contribution in [-0.4, -0.2) is 46.7 Å². The second-order valence-electron chi connectivity index (χ2n) is 7.47. The van der Waals surface area contributed by atoms with Crippen molar-refractivity contribution in [1.82, 2.24) is 4.90 Å². The molecule has 2 rings (SSSR count). The van der Waals surface area contributed by atoms with Gasteiger partial charge in [-0.2, -0.15) is 0 Å². The summed E-state index contributed by atoms with van der Waals surface area (Å²) in [5.41, 5.74) is 6.05. The smallest absolute Gasteiger partial charge is 0.258 e. The lowest BCUT2D eigenvalue weighted by molar-refractivity contribution is -0.943. The zero-order chi connectivity index (χ0) is 17.4. The first-order chi connectivity index (χ1) is 10.6. The second-order valence-corrected chi connectivity index (χ2v) is 7.47. The molecule has 2 N–H and O–H groups in total. The van der Waals surface area contributed by atoms with Crippen LogP contribution in [0, 0.1) is 5.82 Å². The van der Waals surface area contributed by atoms with Crippen molar-refractivity contribution >= 4 is 11.8 Å². The Labute approximate surface area is 137 Å². The number of amides is 1. The van der Waals surface area contributed by atoms with Crippen molar-refractivity contribution in [2.75, 3.05) is 25.4 Å². The minimum absolute atomic E-state index is 0.0560. The second kappa shape index (κ2) is 6.09. The summed E-state index contributed by atoms with van der Waals surface area (Å²) in [7, 11) is 0. The fourth-order valence-corrected chi connectivity index (χ4v) is 3.74. The van der Waals surface area contributed by atoms with Crippen LogP contribution in [0.2, 0.25) is 0 Å². The van der Waals surface area contributed by atoms with Crippen molar-refractivity contribution in [2.45, 2.75) is 45.8 Å². The van der Waals surface area contributed by atoms with Gasteiger partial charge in [0.05, 0.1) is 24.3 Å². The molecule has 0 aliphatic carbocycles. The lowest BCUT2D eigenvalue weighted by Crippen LogP contribution is -2.76. The number of hydrogen-bond donors (Lipinski definition) is 1. The summed E-state index contributed by atoms with van der Waals surface area (Å²) in [6.45, 7) is 10.1. The Morgan fingerprint density at radius 2 is 2.13 bits per heavy atom. The van der Waals surface area contributed by atoms with Crippen LogP contribution in [0.1, 0.15) is 33.3 Å². The van der Waals surface area contributed by atoms with Crippen LogP contribution in [-0.2, 0) is 6.54 Å². The third-order valence-electron chi connectivity index (χ3n) is 5.04. The Bertz CT molecular complexity index is 600.